The van der Waals surface area contributed by atoms with Gasteiger partial charge >= 0.3 is 0 Å². The summed E-state index contributed by atoms with van der Waals surface area (Å²) in [5.74, 6) is 0.602. The topological polar surface area (TPSA) is 74.4 Å². The van der Waals surface area contributed by atoms with Gasteiger partial charge in [0.05, 0.1) is 5.56 Å². The Bertz CT molecular complexity index is 1210. The van der Waals surface area contributed by atoms with Crippen LogP contribution in [0.2, 0.25) is 0 Å². The number of ether oxygens (including phenoxy) is 1. The summed E-state index contributed by atoms with van der Waals surface area (Å²) < 4.78 is 6.80. The zero-order valence-corrected chi connectivity index (χ0v) is 20.4. The fraction of sp³-hybridized carbons (Fsp3) is 0.333. The number of halogens is 2. The Hall–Kier alpha value is -2.35. The van der Waals surface area contributed by atoms with E-state index in [2.05, 4.69) is 40.1 Å². The molecule has 0 radical (unpaired) electrons. The van der Waals surface area contributed by atoms with Gasteiger partial charge in [-0.3, -0.25) is 9.59 Å². The molecule has 1 aliphatic heterocycles. The minimum absolute atomic E-state index is 0. The van der Waals surface area contributed by atoms with Crippen molar-refractivity contribution in [1.82, 2.24) is 15.2 Å². The van der Waals surface area contributed by atoms with Crippen molar-refractivity contribution in [2.24, 2.45) is 0 Å². The molecule has 1 amide bonds. The quantitative estimate of drug-likeness (QED) is 0.549. The first-order valence-corrected chi connectivity index (χ1v) is 11.3. The highest BCUT2D eigenvalue weighted by Crippen LogP contribution is 2.44. The van der Waals surface area contributed by atoms with Crippen molar-refractivity contribution in [3.05, 3.63) is 63.3 Å². The van der Waals surface area contributed by atoms with E-state index in [9.17, 15) is 9.59 Å². The van der Waals surface area contributed by atoms with Crippen LogP contribution in [0.1, 0.15) is 41.0 Å². The van der Waals surface area contributed by atoms with Crippen molar-refractivity contribution in [1.29, 1.82) is 0 Å². The summed E-state index contributed by atoms with van der Waals surface area (Å²) >= 11 is 3.51. The Balaban J connectivity index is 0.00000245. The number of hydrogen-bond acceptors (Lipinski definition) is 4. The van der Waals surface area contributed by atoms with Gasteiger partial charge < -0.3 is 19.9 Å². The summed E-state index contributed by atoms with van der Waals surface area (Å²) in [5.41, 5.74) is 3.76. The van der Waals surface area contributed by atoms with Crippen molar-refractivity contribution in [3.8, 4) is 5.75 Å². The molecule has 1 aromatic heterocycles. The van der Waals surface area contributed by atoms with E-state index >= 15 is 0 Å². The van der Waals surface area contributed by atoms with Crippen molar-refractivity contribution in [3.63, 3.8) is 0 Å². The van der Waals surface area contributed by atoms with E-state index in [0.29, 0.717) is 24.4 Å². The molecule has 2 N–H and O–H groups in total. The monoisotopic (exact) mass is 517 g/mol. The maximum absolute atomic E-state index is 13.4. The minimum Gasteiger partial charge on any atom is -0.484 e. The fourth-order valence-corrected chi connectivity index (χ4v) is 4.98. The van der Waals surface area contributed by atoms with Crippen LogP contribution in [0.4, 0.5) is 0 Å². The number of nitrogens with one attached hydrogen (secondary N) is 2. The number of carbonyl (C=O) groups is 2. The summed E-state index contributed by atoms with van der Waals surface area (Å²) in [6.07, 6.45) is 0. The predicted molar refractivity (Wildman–Crippen MR) is 130 cm³/mol. The highest BCUT2D eigenvalue weighted by Gasteiger charge is 2.39. The molecule has 0 saturated carbocycles. The molecule has 5 rings (SSSR count). The number of carbonyl (C=O) groups excluding carboxylic acids is 2. The van der Waals surface area contributed by atoms with Crippen molar-refractivity contribution < 1.29 is 14.3 Å². The number of H-pyrrole nitrogens is 1. The molecular formula is C24H25BrClN3O3. The number of hydrogen-bond donors (Lipinski definition) is 2. The summed E-state index contributed by atoms with van der Waals surface area (Å²) in [7, 11) is 0. The van der Waals surface area contributed by atoms with Crippen LogP contribution >= 0.6 is 28.3 Å². The standard InChI is InChI=1S/C24H24BrN3O3.ClH/c1-24(2)18-12-15(31-13-20(29)28-9-7-26-8-10-28)4-6-16(18)22(30)21-17-5-3-14(25)11-19(17)27-23(21)24;/h3-6,11-12,26-27H,7-10,13H2,1-2H3;1H. The molecule has 0 bridgehead atoms. The lowest BCUT2D eigenvalue weighted by molar-refractivity contribution is -0.133. The molecule has 6 nitrogen and oxygen atoms in total. The van der Waals surface area contributed by atoms with Crippen molar-refractivity contribution >= 4 is 50.9 Å². The zero-order chi connectivity index (χ0) is 21.8. The molecule has 2 aromatic carbocycles. The molecule has 2 heterocycles. The van der Waals surface area contributed by atoms with Crippen LogP contribution in [0.25, 0.3) is 10.9 Å². The lowest BCUT2D eigenvalue weighted by atomic mass is 9.71. The Labute approximate surface area is 201 Å². The largest absolute Gasteiger partial charge is 0.484 e. The van der Waals surface area contributed by atoms with E-state index in [1.165, 1.54) is 0 Å². The maximum Gasteiger partial charge on any atom is 0.260 e. The molecule has 1 saturated heterocycles. The molecule has 1 fully saturated rings. The summed E-state index contributed by atoms with van der Waals surface area (Å²) in [6, 6.07) is 11.4. The van der Waals surface area contributed by atoms with Crippen LogP contribution in [-0.2, 0) is 10.2 Å². The average Bonchev–Trinajstić information content (AvgIpc) is 3.16. The Morgan fingerprint density at radius 1 is 1.16 bits per heavy atom. The number of piperazine rings is 1. The van der Waals surface area contributed by atoms with Gasteiger partial charge in [0.2, 0.25) is 0 Å². The van der Waals surface area contributed by atoms with Crippen LogP contribution in [0.3, 0.4) is 0 Å². The van der Waals surface area contributed by atoms with Crippen LogP contribution in [0.15, 0.2) is 40.9 Å². The first-order valence-electron chi connectivity index (χ1n) is 10.5. The second-order valence-corrected chi connectivity index (χ2v) is 9.56. The van der Waals surface area contributed by atoms with Crippen LogP contribution in [0.5, 0.6) is 5.75 Å². The van der Waals surface area contributed by atoms with Crippen molar-refractivity contribution in [2.75, 3.05) is 32.8 Å². The molecule has 168 valence electrons. The number of ketones is 1. The second-order valence-electron chi connectivity index (χ2n) is 8.65. The van der Waals surface area contributed by atoms with Crippen molar-refractivity contribution in [2.45, 2.75) is 19.3 Å². The molecule has 3 aromatic rings. The lowest BCUT2D eigenvalue weighted by Crippen LogP contribution is -2.47. The van der Waals surface area contributed by atoms with Gasteiger partial charge in [0.15, 0.2) is 12.4 Å². The molecule has 8 heteroatoms. The molecule has 0 unspecified atom stereocenters. The highest BCUT2D eigenvalue weighted by atomic mass is 79.9. The third-order valence-electron chi connectivity index (χ3n) is 6.35. The van der Waals surface area contributed by atoms with Gasteiger partial charge in [-0.05, 0) is 35.9 Å². The number of nitrogens with zero attached hydrogens (tertiary/aromatic N) is 1. The Morgan fingerprint density at radius 2 is 1.91 bits per heavy atom. The predicted octanol–water partition coefficient (Wildman–Crippen LogP) is 4.03. The SMILES string of the molecule is CC1(C)c2cc(OCC(=O)N3CCNCC3)ccc2C(=O)c2c1[nH]c1cc(Br)ccc21.Cl. The summed E-state index contributed by atoms with van der Waals surface area (Å²) in [5, 5.41) is 4.17. The first kappa shape index (κ1) is 22.8. The zero-order valence-electron chi connectivity index (χ0n) is 18.0. The number of rotatable bonds is 3. The maximum atomic E-state index is 13.4. The van der Waals surface area contributed by atoms with E-state index in [4.69, 9.17) is 4.74 Å². The Kier molecular flexibility index (Phi) is 6.09. The minimum atomic E-state index is -0.411. The number of benzene rings is 2. The second kappa shape index (κ2) is 8.54. The Morgan fingerprint density at radius 3 is 2.66 bits per heavy atom. The average molecular weight is 519 g/mol. The van der Waals surface area contributed by atoms with Gasteiger partial charge in [-0.1, -0.05) is 35.8 Å². The molecular weight excluding hydrogens is 494 g/mol. The molecule has 1 aliphatic carbocycles. The van der Waals surface area contributed by atoms with Gasteiger partial charge in [0, 0.05) is 58.2 Å². The van der Waals surface area contributed by atoms with Gasteiger partial charge in [0.1, 0.15) is 5.75 Å². The van der Waals surface area contributed by atoms with Gasteiger partial charge in [-0.25, -0.2) is 0 Å². The van der Waals surface area contributed by atoms with E-state index in [1.54, 1.807) is 6.07 Å². The fourth-order valence-electron chi connectivity index (χ4n) is 4.62. The third kappa shape index (κ3) is 3.72. The summed E-state index contributed by atoms with van der Waals surface area (Å²) in [6.45, 7) is 7.24. The summed E-state index contributed by atoms with van der Waals surface area (Å²) in [4.78, 5) is 31.1. The number of amides is 1. The van der Waals surface area contributed by atoms with Crippen LogP contribution < -0.4 is 10.1 Å². The first-order chi connectivity index (χ1) is 14.9. The number of aromatic amines is 1. The van der Waals surface area contributed by atoms with Gasteiger partial charge in [-0.2, -0.15) is 0 Å². The van der Waals surface area contributed by atoms with E-state index in [-0.39, 0.29) is 30.7 Å². The lowest BCUT2D eigenvalue weighted by Gasteiger charge is -2.32. The smallest absolute Gasteiger partial charge is 0.260 e. The van der Waals surface area contributed by atoms with Crippen LogP contribution in [0, 0.1) is 0 Å². The molecule has 2 aliphatic rings. The van der Waals surface area contributed by atoms with Gasteiger partial charge in [-0.15, -0.1) is 12.4 Å². The third-order valence-corrected chi connectivity index (χ3v) is 6.85. The molecule has 0 atom stereocenters. The van der Waals surface area contributed by atoms with Crippen LogP contribution in [-0.4, -0.2) is 54.4 Å². The van der Waals surface area contributed by atoms with E-state index in [1.807, 2.05) is 35.2 Å². The highest BCUT2D eigenvalue weighted by molar-refractivity contribution is 9.10. The normalized spacial score (nSPS) is 16.8. The molecule has 0 spiro atoms. The van der Waals surface area contributed by atoms with Gasteiger partial charge in [0.25, 0.3) is 5.91 Å². The number of fused-ring (bicyclic) bond motifs is 4. The van der Waals surface area contributed by atoms with E-state index in [0.717, 1.165) is 45.3 Å². The molecule has 32 heavy (non-hydrogen) atoms. The number of aromatic nitrogens is 1. The van der Waals surface area contributed by atoms with E-state index < -0.39 is 5.41 Å².